The van der Waals surface area contributed by atoms with E-state index in [0.717, 1.165) is 11.4 Å². The Bertz CT molecular complexity index is 2310. The summed E-state index contributed by atoms with van der Waals surface area (Å²) >= 11 is 0. The molecule has 0 saturated carbocycles. The molecular weight excluding hydrogens is 518 g/mol. The zero-order valence-electron chi connectivity index (χ0n) is 25.0. The van der Waals surface area contributed by atoms with E-state index < -0.39 is 0 Å². The maximum Gasteiger partial charge on any atom is 0.0463 e. The van der Waals surface area contributed by atoms with E-state index in [0.29, 0.717) is 0 Å². The Hall–Kier alpha value is -4.88. The van der Waals surface area contributed by atoms with Gasteiger partial charge in [-0.05, 0) is 102 Å². The predicted octanol–water partition coefficient (Wildman–Crippen LogP) is 11.5. The van der Waals surface area contributed by atoms with Gasteiger partial charge in [-0.2, -0.15) is 0 Å². The summed E-state index contributed by atoms with van der Waals surface area (Å²) in [5.74, 6) is 0. The Morgan fingerprint density at radius 2 is 1.05 bits per heavy atom. The van der Waals surface area contributed by atoms with Crippen molar-refractivity contribution in [2.75, 3.05) is 5.32 Å². The van der Waals surface area contributed by atoms with Crippen LogP contribution in [0.15, 0.2) is 121 Å². The van der Waals surface area contributed by atoms with E-state index in [4.69, 9.17) is 0 Å². The molecule has 0 unspecified atom stereocenters. The van der Waals surface area contributed by atoms with Gasteiger partial charge in [-0.3, -0.25) is 0 Å². The molecular formula is C42H33N. The van der Waals surface area contributed by atoms with Crippen molar-refractivity contribution < 1.29 is 0 Å². The van der Waals surface area contributed by atoms with E-state index in [1.807, 2.05) is 0 Å². The quantitative estimate of drug-likeness (QED) is 0.211. The highest BCUT2D eigenvalue weighted by molar-refractivity contribution is 6.14. The number of hydrogen-bond donors (Lipinski definition) is 1. The average Bonchev–Trinajstić information content (AvgIpc) is 3.39. The molecule has 7 aromatic rings. The van der Waals surface area contributed by atoms with E-state index in [-0.39, 0.29) is 10.8 Å². The van der Waals surface area contributed by atoms with Crippen molar-refractivity contribution in [1.29, 1.82) is 0 Å². The highest BCUT2D eigenvalue weighted by Crippen LogP contribution is 2.57. The molecule has 2 aliphatic carbocycles. The summed E-state index contributed by atoms with van der Waals surface area (Å²) in [5, 5.41) is 11.6. The lowest BCUT2D eigenvalue weighted by Gasteiger charge is -2.24. The first-order valence-electron chi connectivity index (χ1n) is 15.4. The third kappa shape index (κ3) is 3.28. The van der Waals surface area contributed by atoms with Crippen molar-refractivity contribution in [2.45, 2.75) is 38.5 Å². The first kappa shape index (κ1) is 24.7. The fourth-order valence-electron chi connectivity index (χ4n) is 8.12. The Labute approximate surface area is 252 Å². The van der Waals surface area contributed by atoms with E-state index in [9.17, 15) is 0 Å². The van der Waals surface area contributed by atoms with Crippen LogP contribution in [0.5, 0.6) is 0 Å². The van der Waals surface area contributed by atoms with Crippen LogP contribution in [0.3, 0.4) is 0 Å². The maximum absolute atomic E-state index is 3.75. The van der Waals surface area contributed by atoms with E-state index in [2.05, 4.69) is 154 Å². The van der Waals surface area contributed by atoms with Crippen molar-refractivity contribution in [3.05, 3.63) is 144 Å². The average molecular weight is 552 g/mol. The minimum Gasteiger partial charge on any atom is -0.355 e. The Kier molecular flexibility index (Phi) is 4.80. The molecule has 0 amide bonds. The van der Waals surface area contributed by atoms with Crippen molar-refractivity contribution >= 4 is 43.7 Å². The van der Waals surface area contributed by atoms with Gasteiger partial charge in [-0.1, -0.05) is 119 Å². The van der Waals surface area contributed by atoms with Crippen LogP contribution in [0, 0.1) is 0 Å². The summed E-state index contributed by atoms with van der Waals surface area (Å²) < 4.78 is 0. The second kappa shape index (κ2) is 8.36. The summed E-state index contributed by atoms with van der Waals surface area (Å²) in [5.41, 5.74) is 13.3. The first-order valence-corrected chi connectivity index (χ1v) is 15.4. The van der Waals surface area contributed by atoms with Crippen molar-refractivity contribution in [1.82, 2.24) is 0 Å². The number of hydrogen-bond acceptors (Lipinski definition) is 1. The minimum absolute atomic E-state index is 0.0672. The molecule has 1 heteroatoms. The highest BCUT2D eigenvalue weighted by atomic mass is 14.9. The van der Waals surface area contributed by atoms with Gasteiger partial charge < -0.3 is 5.32 Å². The van der Waals surface area contributed by atoms with Gasteiger partial charge in [0.25, 0.3) is 0 Å². The van der Waals surface area contributed by atoms with Gasteiger partial charge in [-0.15, -0.1) is 0 Å². The fraction of sp³-hybridized carbons (Fsp3) is 0.143. The molecule has 1 nitrogen and oxygen atoms in total. The van der Waals surface area contributed by atoms with Crippen molar-refractivity contribution in [3.63, 3.8) is 0 Å². The molecule has 2 aliphatic rings. The molecule has 0 atom stereocenters. The maximum atomic E-state index is 3.75. The molecule has 0 saturated heterocycles. The molecule has 0 heterocycles. The third-order valence-electron chi connectivity index (χ3n) is 10.4. The van der Waals surface area contributed by atoms with E-state index >= 15 is 0 Å². The number of fused-ring (bicyclic) bond motifs is 11. The molecule has 43 heavy (non-hydrogen) atoms. The number of benzene rings is 7. The van der Waals surface area contributed by atoms with E-state index in [1.54, 1.807) is 0 Å². The lowest BCUT2D eigenvalue weighted by molar-refractivity contribution is 0.652. The summed E-state index contributed by atoms with van der Waals surface area (Å²) in [7, 11) is 0. The second-order valence-corrected chi connectivity index (χ2v) is 13.5. The minimum atomic E-state index is -0.111. The van der Waals surface area contributed by atoms with Crippen LogP contribution in [-0.4, -0.2) is 0 Å². The van der Waals surface area contributed by atoms with Crippen LogP contribution in [0.4, 0.5) is 11.4 Å². The number of nitrogens with one attached hydrogen (secondary N) is 1. The van der Waals surface area contributed by atoms with Crippen LogP contribution in [0.1, 0.15) is 49.9 Å². The van der Waals surface area contributed by atoms with Gasteiger partial charge in [0.2, 0.25) is 0 Å². The zero-order valence-corrected chi connectivity index (χ0v) is 25.0. The first-order chi connectivity index (χ1) is 20.8. The predicted molar refractivity (Wildman–Crippen MR) is 184 cm³/mol. The molecule has 0 spiro atoms. The van der Waals surface area contributed by atoms with Crippen LogP contribution in [0.25, 0.3) is 54.6 Å². The van der Waals surface area contributed by atoms with Crippen LogP contribution in [-0.2, 0) is 10.8 Å². The standard InChI is InChI=1S/C42H33N/c1-41(2)35-21-20-30-28-13-7-5-11-26(28)16-18-32(30)40(35)34-24-37-33(23-38(34)41)31-19-17-27(22-36(31)42(37,3)4)43-39-15-9-12-25-10-6-8-14-29(25)39/h5-24,43H,1-4H3. The zero-order chi connectivity index (χ0) is 29.1. The molecule has 206 valence electrons. The molecule has 0 radical (unpaired) electrons. The topological polar surface area (TPSA) is 12.0 Å². The van der Waals surface area contributed by atoms with Crippen molar-refractivity contribution in [2.24, 2.45) is 0 Å². The van der Waals surface area contributed by atoms with Gasteiger partial charge in [-0.25, -0.2) is 0 Å². The summed E-state index contributed by atoms with van der Waals surface area (Å²) in [4.78, 5) is 0. The molecule has 0 bridgehead atoms. The van der Waals surface area contributed by atoms with Gasteiger partial charge in [0, 0.05) is 27.6 Å². The lowest BCUT2D eigenvalue weighted by Crippen LogP contribution is -2.17. The molecule has 0 aliphatic heterocycles. The summed E-state index contributed by atoms with van der Waals surface area (Å²) in [6, 6.07) is 45.2. The molecule has 9 rings (SSSR count). The van der Waals surface area contributed by atoms with Crippen molar-refractivity contribution in [3.8, 4) is 22.3 Å². The lowest BCUT2D eigenvalue weighted by atomic mass is 9.79. The van der Waals surface area contributed by atoms with Gasteiger partial charge in [0.1, 0.15) is 0 Å². The smallest absolute Gasteiger partial charge is 0.0463 e. The van der Waals surface area contributed by atoms with Gasteiger partial charge >= 0.3 is 0 Å². The molecule has 0 aromatic heterocycles. The van der Waals surface area contributed by atoms with E-state index in [1.165, 1.54) is 76.8 Å². The SMILES string of the molecule is CC1(C)c2cc(Nc3cccc4ccccc34)ccc2-c2cc3c(cc21)-c1c(ccc2c1ccc1ccccc12)C3(C)C. The second-order valence-electron chi connectivity index (χ2n) is 13.5. The van der Waals surface area contributed by atoms with Crippen LogP contribution >= 0.6 is 0 Å². The summed E-state index contributed by atoms with van der Waals surface area (Å²) in [6.45, 7) is 9.58. The monoisotopic (exact) mass is 551 g/mol. The molecule has 1 N–H and O–H groups in total. The number of anilines is 2. The van der Waals surface area contributed by atoms with Crippen LogP contribution in [0.2, 0.25) is 0 Å². The number of rotatable bonds is 2. The third-order valence-corrected chi connectivity index (χ3v) is 10.4. The molecule has 7 aromatic carbocycles. The largest absolute Gasteiger partial charge is 0.355 e. The highest BCUT2D eigenvalue weighted by Gasteiger charge is 2.42. The fourth-order valence-corrected chi connectivity index (χ4v) is 8.12. The van der Waals surface area contributed by atoms with Crippen LogP contribution < -0.4 is 5.32 Å². The van der Waals surface area contributed by atoms with Gasteiger partial charge in [0.05, 0.1) is 0 Å². The Morgan fingerprint density at radius 3 is 1.88 bits per heavy atom. The molecule has 0 fully saturated rings. The normalized spacial score (nSPS) is 15.3. The Balaban J connectivity index is 1.21. The summed E-state index contributed by atoms with van der Waals surface area (Å²) in [6.07, 6.45) is 0. The Morgan fingerprint density at radius 1 is 0.419 bits per heavy atom. The van der Waals surface area contributed by atoms with Gasteiger partial charge in [0.15, 0.2) is 0 Å².